The number of esters is 1. The molecule has 0 saturated heterocycles. The molecule has 3 fully saturated rings. The maximum absolute atomic E-state index is 12.9. The van der Waals surface area contributed by atoms with E-state index in [1.165, 1.54) is 31.3 Å². The first kappa shape index (κ1) is 32.4. The van der Waals surface area contributed by atoms with Gasteiger partial charge in [0.2, 0.25) is 0 Å². The highest BCUT2D eigenvalue weighted by Gasteiger charge is 2.50. The Morgan fingerprint density at radius 1 is 1.00 bits per heavy atom. The van der Waals surface area contributed by atoms with Crippen molar-refractivity contribution in [1.29, 1.82) is 0 Å². The number of rotatable bonds is 9. The van der Waals surface area contributed by atoms with Crippen LogP contribution in [0.2, 0.25) is 0 Å². The van der Waals surface area contributed by atoms with Crippen molar-refractivity contribution in [3.05, 3.63) is 91.6 Å². The van der Waals surface area contributed by atoms with E-state index in [2.05, 4.69) is 65.5 Å². The molecule has 8 heteroatoms. The van der Waals surface area contributed by atoms with E-state index in [9.17, 15) is 25.0 Å². The van der Waals surface area contributed by atoms with E-state index in [0.717, 1.165) is 35.8 Å². The molecule has 0 unspecified atom stereocenters. The number of ether oxygens (including phenoxy) is 1. The third-order valence-electron chi connectivity index (χ3n) is 10.4. The Bertz CT molecular complexity index is 1330. The summed E-state index contributed by atoms with van der Waals surface area (Å²) >= 11 is 0. The van der Waals surface area contributed by atoms with Crippen LogP contribution < -0.4 is 0 Å². The number of hydrogen-bond donors (Lipinski definition) is 0. The normalized spacial score (nSPS) is 29.2. The highest BCUT2D eigenvalue weighted by Crippen LogP contribution is 2.59. The maximum Gasteiger partial charge on any atom is 0.338 e. The number of benzene rings is 1. The molecule has 0 N–H and O–H groups in total. The van der Waals surface area contributed by atoms with Gasteiger partial charge in [-0.3, -0.25) is 20.2 Å². The van der Waals surface area contributed by atoms with Gasteiger partial charge in [-0.05, 0) is 85.5 Å². The zero-order chi connectivity index (χ0) is 31.5. The minimum atomic E-state index is -0.798. The minimum absolute atomic E-state index is 0.196. The average molecular weight is 591 g/mol. The Kier molecular flexibility index (Phi) is 10.1. The van der Waals surface area contributed by atoms with Gasteiger partial charge in [-0.1, -0.05) is 76.6 Å². The van der Waals surface area contributed by atoms with Crippen molar-refractivity contribution in [2.75, 3.05) is 0 Å². The van der Waals surface area contributed by atoms with E-state index in [1.807, 2.05) is 0 Å². The molecule has 232 valence electrons. The zero-order valence-electron chi connectivity index (χ0n) is 26.2. The van der Waals surface area contributed by atoms with Gasteiger partial charge >= 0.3 is 5.97 Å². The van der Waals surface area contributed by atoms with Crippen molar-refractivity contribution in [3.63, 3.8) is 0 Å². The summed E-state index contributed by atoms with van der Waals surface area (Å²) in [6.07, 6.45) is 16.6. The third-order valence-corrected chi connectivity index (χ3v) is 10.4. The molecule has 8 nitrogen and oxygen atoms in total. The molecule has 0 bridgehead atoms. The van der Waals surface area contributed by atoms with Crippen LogP contribution in [-0.4, -0.2) is 21.9 Å². The first-order valence-electron chi connectivity index (χ1n) is 15.7. The predicted octanol–water partition coefficient (Wildman–Crippen LogP) is 9.32. The molecule has 43 heavy (non-hydrogen) atoms. The van der Waals surface area contributed by atoms with Gasteiger partial charge in [0.25, 0.3) is 11.4 Å². The van der Waals surface area contributed by atoms with E-state index < -0.39 is 33.3 Å². The summed E-state index contributed by atoms with van der Waals surface area (Å²) in [7, 11) is 0. The fourth-order valence-electron chi connectivity index (χ4n) is 7.47. The largest absolute Gasteiger partial charge is 0.458 e. The molecule has 0 aliphatic heterocycles. The molecule has 3 saturated carbocycles. The lowest BCUT2D eigenvalue weighted by atomic mass is 9.61. The summed E-state index contributed by atoms with van der Waals surface area (Å²) in [5.74, 6) is 2.21. The lowest BCUT2D eigenvalue weighted by molar-refractivity contribution is -0.394. The van der Waals surface area contributed by atoms with Crippen LogP contribution in [0.15, 0.2) is 65.8 Å². The monoisotopic (exact) mass is 590 g/mol. The van der Waals surface area contributed by atoms with Crippen molar-refractivity contribution in [2.24, 2.45) is 35.0 Å². The number of nitrogens with zero attached hydrogens (tertiary/aromatic N) is 2. The summed E-state index contributed by atoms with van der Waals surface area (Å²) in [5, 5.41) is 22.5. The van der Waals surface area contributed by atoms with Crippen LogP contribution in [0.1, 0.15) is 96.3 Å². The summed E-state index contributed by atoms with van der Waals surface area (Å²) in [4.78, 5) is 33.9. The maximum atomic E-state index is 12.9. The number of nitro benzene ring substituents is 2. The molecule has 6 atom stereocenters. The summed E-state index contributed by atoms with van der Waals surface area (Å²) < 4.78 is 5.70. The van der Waals surface area contributed by atoms with Gasteiger partial charge in [0.1, 0.15) is 6.10 Å². The quantitative estimate of drug-likeness (QED) is 0.123. The van der Waals surface area contributed by atoms with Crippen LogP contribution in [0.4, 0.5) is 11.4 Å². The van der Waals surface area contributed by atoms with E-state index in [4.69, 9.17) is 4.74 Å². The average Bonchev–Trinajstić information content (AvgIpc) is 3.33. The molecular weight excluding hydrogens is 544 g/mol. The highest BCUT2D eigenvalue weighted by molar-refractivity contribution is 5.91. The second kappa shape index (κ2) is 13.4. The van der Waals surface area contributed by atoms with Crippen LogP contribution in [-0.2, 0) is 4.74 Å². The van der Waals surface area contributed by atoms with Gasteiger partial charge < -0.3 is 4.74 Å². The number of non-ortho nitro benzene ring substituents is 2. The van der Waals surface area contributed by atoms with Crippen molar-refractivity contribution in [3.8, 4) is 0 Å². The van der Waals surface area contributed by atoms with Gasteiger partial charge in [-0.2, -0.15) is 0 Å². The standard InChI is InChI=1S/C35H46N2O6/c1-22(2)23(3)9-10-25(5)32-15-16-33-26(8-7-17-35(32,33)6)12-13-27-20-31(14-11-24(27)4)43-34(38)28-18-29(36(39)40)21-30(19-28)37(41)42/h9-10,12-13,18-19,21-23,25,31-33H,4,7-8,11,14-17,20H2,1-3,5-6H3/b10-9+,26-12+,27-13+/t23-,25+,31-,32+,33+,35+/m0/s1. The second-order valence-electron chi connectivity index (χ2n) is 13.5. The van der Waals surface area contributed by atoms with Crippen LogP contribution in [0.5, 0.6) is 0 Å². The van der Waals surface area contributed by atoms with Crippen molar-refractivity contribution in [1.82, 2.24) is 0 Å². The number of carbonyl (C=O) groups excluding carboxylic acids is 1. The van der Waals surface area contributed by atoms with Crippen molar-refractivity contribution >= 4 is 17.3 Å². The summed E-state index contributed by atoms with van der Waals surface area (Å²) in [6, 6.07) is 2.88. The molecule has 0 aromatic heterocycles. The smallest absolute Gasteiger partial charge is 0.338 e. The Hall–Kier alpha value is -3.55. The SMILES string of the molecule is C=C1CC[C@H](OC(=O)c2cc([N+](=O)[O-])cc([N+](=O)[O-])c2)C/C1=C\C=C1/CCC[C@@]2(C)[C@@H]1CC[C@@H]2[C@H](C)/C=C/[C@H](C)C(C)C. The summed E-state index contributed by atoms with van der Waals surface area (Å²) in [6.45, 7) is 16.0. The number of allylic oxidation sites excluding steroid dienone is 6. The Labute approximate surface area is 255 Å². The molecule has 3 aliphatic carbocycles. The van der Waals surface area contributed by atoms with Gasteiger partial charge in [-0.25, -0.2) is 4.79 Å². The fraction of sp³-hybridized carbons (Fsp3) is 0.571. The van der Waals surface area contributed by atoms with Crippen LogP contribution >= 0.6 is 0 Å². The van der Waals surface area contributed by atoms with E-state index >= 15 is 0 Å². The highest BCUT2D eigenvalue weighted by atomic mass is 16.6. The number of fused-ring (bicyclic) bond motifs is 1. The van der Waals surface area contributed by atoms with Crippen molar-refractivity contribution in [2.45, 2.75) is 92.1 Å². The van der Waals surface area contributed by atoms with Gasteiger partial charge in [0.15, 0.2) is 0 Å². The lowest BCUT2D eigenvalue weighted by Gasteiger charge is -2.44. The molecule has 0 spiro atoms. The van der Waals surface area contributed by atoms with Crippen LogP contribution in [0.25, 0.3) is 0 Å². The Morgan fingerprint density at radius 3 is 2.30 bits per heavy atom. The molecule has 0 amide bonds. The van der Waals surface area contributed by atoms with Gasteiger partial charge in [0.05, 0.1) is 21.5 Å². The Morgan fingerprint density at radius 2 is 1.67 bits per heavy atom. The molecule has 3 aliphatic rings. The second-order valence-corrected chi connectivity index (χ2v) is 13.5. The van der Waals surface area contributed by atoms with Crippen molar-refractivity contribution < 1.29 is 19.4 Å². The summed E-state index contributed by atoms with van der Waals surface area (Å²) in [5.41, 5.74) is 2.63. The topological polar surface area (TPSA) is 113 Å². The first-order valence-corrected chi connectivity index (χ1v) is 15.7. The minimum Gasteiger partial charge on any atom is -0.458 e. The van der Waals surface area contributed by atoms with E-state index in [-0.39, 0.29) is 11.0 Å². The van der Waals surface area contributed by atoms with Crippen LogP contribution in [0, 0.1) is 55.2 Å². The first-order chi connectivity index (χ1) is 20.3. The third kappa shape index (κ3) is 7.34. The fourth-order valence-corrected chi connectivity index (χ4v) is 7.47. The molecule has 4 rings (SSSR count). The zero-order valence-corrected chi connectivity index (χ0v) is 26.2. The number of hydrogen-bond acceptors (Lipinski definition) is 6. The lowest BCUT2D eigenvalue weighted by Crippen LogP contribution is -2.35. The molecule has 1 aromatic rings. The molecule has 1 aromatic carbocycles. The van der Waals surface area contributed by atoms with E-state index in [1.54, 1.807) is 0 Å². The van der Waals surface area contributed by atoms with Crippen LogP contribution in [0.3, 0.4) is 0 Å². The molecular formula is C35H46N2O6. The predicted molar refractivity (Wildman–Crippen MR) is 169 cm³/mol. The van der Waals surface area contributed by atoms with E-state index in [0.29, 0.717) is 48.9 Å². The molecule has 0 radical (unpaired) electrons. The Balaban J connectivity index is 1.47. The van der Waals surface area contributed by atoms with Gasteiger partial charge in [0, 0.05) is 18.6 Å². The van der Waals surface area contributed by atoms with Gasteiger partial charge in [-0.15, -0.1) is 0 Å². The number of nitro groups is 2. The molecule has 0 heterocycles. The number of carbonyl (C=O) groups is 1.